The molecule has 0 saturated heterocycles. The molecule has 0 bridgehead atoms. The van der Waals surface area contributed by atoms with Gasteiger partial charge in [0.1, 0.15) is 0 Å². The van der Waals surface area contributed by atoms with Gasteiger partial charge in [-0.2, -0.15) is 0 Å². The van der Waals surface area contributed by atoms with Gasteiger partial charge in [-0.1, -0.05) is 47.5 Å². The van der Waals surface area contributed by atoms with Gasteiger partial charge in [0.25, 0.3) is 0 Å². The van der Waals surface area contributed by atoms with Crippen molar-refractivity contribution >= 4 is 33.0 Å². The lowest BCUT2D eigenvalue weighted by atomic mass is 9.85. The smallest absolute Gasteiger partial charge is 0.178 e. The van der Waals surface area contributed by atoms with Gasteiger partial charge in [0.05, 0.1) is 55.9 Å². The molecule has 3 aromatic rings. The third-order valence-electron chi connectivity index (χ3n) is 6.97. The quantitative estimate of drug-likeness (QED) is 0.213. The van der Waals surface area contributed by atoms with Crippen LogP contribution in [0.5, 0.6) is 0 Å². The summed E-state index contributed by atoms with van der Waals surface area (Å²) < 4.78 is 44.6. The predicted molar refractivity (Wildman–Crippen MR) is 160 cm³/mol. The zero-order chi connectivity index (χ0) is 29.2. The second kappa shape index (κ2) is 15.4. The minimum Gasteiger partial charge on any atom is -0.379 e. The summed E-state index contributed by atoms with van der Waals surface area (Å²) in [5.74, 6) is -0.0123. The molecule has 0 fully saturated rings. The highest BCUT2D eigenvalue weighted by atomic mass is 35.5. The van der Waals surface area contributed by atoms with Gasteiger partial charge < -0.3 is 19.1 Å². The molecular weight excluding hydrogens is 587 g/mol. The molecule has 2 heterocycles. The summed E-state index contributed by atoms with van der Waals surface area (Å²) in [7, 11) is -1.43. The molecule has 0 radical (unpaired) electrons. The van der Waals surface area contributed by atoms with Crippen LogP contribution in [0.15, 0.2) is 47.5 Å². The van der Waals surface area contributed by atoms with Crippen LogP contribution >= 0.6 is 23.2 Å². The summed E-state index contributed by atoms with van der Waals surface area (Å²) in [5, 5.41) is 9.29. The van der Waals surface area contributed by atoms with Gasteiger partial charge in [-0.25, -0.2) is 13.1 Å². The number of likely N-dealkylation sites (N-methyl/N-ethyl adjacent to an activating group) is 1. The van der Waals surface area contributed by atoms with Crippen molar-refractivity contribution in [3.05, 3.63) is 75.0 Å². The van der Waals surface area contributed by atoms with Crippen molar-refractivity contribution in [3.8, 4) is 0 Å². The first-order valence-corrected chi connectivity index (χ1v) is 16.3. The SMILES string of the molecule is CCc1cn(CCOCCOCCOCCCS(=O)(=O)c2cccc(C3CN(C)Cc4c(Cl)cc(Cl)cc43)c2)nn1. The molecule has 1 aliphatic rings. The first-order chi connectivity index (χ1) is 19.8. The van der Waals surface area contributed by atoms with E-state index in [0.717, 1.165) is 41.9 Å². The number of hydrogen-bond acceptors (Lipinski definition) is 8. The minimum absolute atomic E-state index is 0.00941. The molecular formula is C29H38Cl2N4O5S. The molecule has 0 N–H and O–H groups in total. The Balaban J connectivity index is 1.15. The summed E-state index contributed by atoms with van der Waals surface area (Å²) in [5.41, 5.74) is 3.98. The van der Waals surface area contributed by atoms with Gasteiger partial charge in [0.2, 0.25) is 0 Å². The van der Waals surface area contributed by atoms with Crippen molar-refractivity contribution in [1.29, 1.82) is 0 Å². The monoisotopic (exact) mass is 624 g/mol. The van der Waals surface area contributed by atoms with Crippen LogP contribution in [0.1, 0.15) is 41.6 Å². The Morgan fingerprint density at radius 3 is 2.46 bits per heavy atom. The maximum atomic E-state index is 13.1. The van der Waals surface area contributed by atoms with Crippen molar-refractivity contribution in [2.45, 2.75) is 43.7 Å². The molecule has 2 aromatic carbocycles. The van der Waals surface area contributed by atoms with Crippen molar-refractivity contribution in [2.75, 3.05) is 59.0 Å². The Bertz CT molecular complexity index is 1390. The number of halogens is 2. The number of aryl methyl sites for hydroxylation is 1. The molecule has 12 heteroatoms. The van der Waals surface area contributed by atoms with Gasteiger partial charge in [-0.15, -0.1) is 5.10 Å². The summed E-state index contributed by atoms with van der Waals surface area (Å²) in [6.07, 6.45) is 3.18. The van der Waals surface area contributed by atoms with E-state index in [1.165, 1.54) is 0 Å². The zero-order valence-electron chi connectivity index (χ0n) is 23.6. The Kier molecular flexibility index (Phi) is 12.0. The van der Waals surface area contributed by atoms with Crippen molar-refractivity contribution < 1.29 is 22.6 Å². The topological polar surface area (TPSA) is 95.8 Å². The number of rotatable bonds is 16. The number of fused-ring (bicyclic) bond motifs is 1. The van der Waals surface area contributed by atoms with E-state index in [1.54, 1.807) is 28.9 Å². The number of nitrogens with zero attached hydrogens (tertiary/aromatic N) is 4. The van der Waals surface area contributed by atoms with Gasteiger partial charge in [0.15, 0.2) is 9.84 Å². The molecule has 9 nitrogen and oxygen atoms in total. The predicted octanol–water partition coefficient (Wildman–Crippen LogP) is 4.64. The molecule has 0 amide bonds. The fourth-order valence-electron chi connectivity index (χ4n) is 4.83. The van der Waals surface area contributed by atoms with Crippen molar-refractivity contribution in [3.63, 3.8) is 0 Å². The third kappa shape index (κ3) is 9.22. The first-order valence-electron chi connectivity index (χ1n) is 13.9. The fraction of sp³-hybridized carbons (Fsp3) is 0.517. The van der Waals surface area contributed by atoms with Crippen molar-refractivity contribution in [2.24, 2.45) is 0 Å². The molecule has 0 saturated carbocycles. The van der Waals surface area contributed by atoms with E-state index in [4.69, 9.17) is 37.4 Å². The molecule has 1 aromatic heterocycles. The van der Waals surface area contributed by atoms with E-state index < -0.39 is 9.84 Å². The second-order valence-electron chi connectivity index (χ2n) is 10.1. The number of aromatic nitrogens is 3. The van der Waals surface area contributed by atoms with E-state index in [1.807, 2.05) is 32.3 Å². The zero-order valence-corrected chi connectivity index (χ0v) is 25.9. The van der Waals surface area contributed by atoms with Crippen LogP contribution in [0.25, 0.3) is 0 Å². The van der Waals surface area contributed by atoms with E-state index in [0.29, 0.717) is 67.5 Å². The number of sulfone groups is 1. The third-order valence-corrected chi connectivity index (χ3v) is 9.32. The molecule has 0 aliphatic carbocycles. The first kappa shape index (κ1) is 31.9. The van der Waals surface area contributed by atoms with E-state index in [2.05, 4.69) is 15.2 Å². The molecule has 0 spiro atoms. The average molecular weight is 626 g/mol. The largest absolute Gasteiger partial charge is 0.379 e. The Morgan fingerprint density at radius 1 is 1.00 bits per heavy atom. The van der Waals surface area contributed by atoms with E-state index in [9.17, 15) is 8.42 Å². The van der Waals surface area contributed by atoms with Crippen LogP contribution in [-0.4, -0.2) is 87.3 Å². The van der Waals surface area contributed by atoms with Gasteiger partial charge in [-0.3, -0.25) is 0 Å². The lowest BCUT2D eigenvalue weighted by Gasteiger charge is -2.33. The lowest BCUT2D eigenvalue weighted by molar-refractivity contribution is 0.0129. The van der Waals surface area contributed by atoms with Gasteiger partial charge in [-0.05, 0) is 60.8 Å². The van der Waals surface area contributed by atoms with Crippen LogP contribution in [0.2, 0.25) is 10.0 Å². The van der Waals surface area contributed by atoms with Crippen molar-refractivity contribution in [1.82, 2.24) is 19.9 Å². The summed E-state index contributed by atoms with van der Waals surface area (Å²) in [6.45, 7) is 6.81. The van der Waals surface area contributed by atoms with Crippen LogP contribution < -0.4 is 0 Å². The molecule has 41 heavy (non-hydrogen) atoms. The molecule has 1 atom stereocenters. The number of benzene rings is 2. The standard InChI is InChI=1S/C29H38Cl2N4O5S/c1-3-24-19-35(33-32-24)8-10-39-12-14-40-13-11-38-9-5-15-41(36,37)25-7-4-6-22(16-25)27-20-34(2)21-28-26(27)17-23(30)18-29(28)31/h4,6-7,16-19,27H,3,5,8-15,20-21H2,1-2H3. The summed E-state index contributed by atoms with van der Waals surface area (Å²) in [4.78, 5) is 2.50. The molecule has 4 rings (SSSR count). The van der Waals surface area contributed by atoms with E-state index >= 15 is 0 Å². The van der Waals surface area contributed by atoms with Crippen LogP contribution in [0.4, 0.5) is 0 Å². The summed E-state index contributed by atoms with van der Waals surface area (Å²) >= 11 is 12.8. The Morgan fingerprint density at radius 2 is 1.73 bits per heavy atom. The number of hydrogen-bond donors (Lipinski definition) is 0. The maximum absolute atomic E-state index is 13.1. The molecule has 1 unspecified atom stereocenters. The van der Waals surface area contributed by atoms with Crippen LogP contribution in [-0.2, 0) is 43.6 Å². The lowest BCUT2D eigenvalue weighted by Crippen LogP contribution is -2.31. The average Bonchev–Trinajstić information content (AvgIpc) is 3.42. The fourth-order valence-corrected chi connectivity index (χ4v) is 6.74. The Hall–Kier alpha value is -2.05. The minimum atomic E-state index is -3.46. The Labute approximate surface area is 252 Å². The molecule has 224 valence electrons. The highest BCUT2D eigenvalue weighted by Gasteiger charge is 2.28. The molecule has 1 aliphatic heterocycles. The summed E-state index contributed by atoms with van der Waals surface area (Å²) in [6, 6.07) is 10.9. The highest BCUT2D eigenvalue weighted by Crippen LogP contribution is 2.38. The second-order valence-corrected chi connectivity index (χ2v) is 13.1. The number of ether oxygens (including phenoxy) is 3. The van der Waals surface area contributed by atoms with Gasteiger partial charge >= 0.3 is 0 Å². The normalized spacial score (nSPS) is 15.8. The maximum Gasteiger partial charge on any atom is 0.178 e. The van der Waals surface area contributed by atoms with Crippen LogP contribution in [0, 0.1) is 0 Å². The van der Waals surface area contributed by atoms with E-state index in [-0.39, 0.29) is 11.7 Å². The van der Waals surface area contributed by atoms with Gasteiger partial charge in [0, 0.05) is 41.9 Å². The van der Waals surface area contributed by atoms with Crippen LogP contribution in [0.3, 0.4) is 0 Å². The highest BCUT2D eigenvalue weighted by molar-refractivity contribution is 7.91.